The lowest BCUT2D eigenvalue weighted by molar-refractivity contribution is -0.120. The van der Waals surface area contributed by atoms with Gasteiger partial charge in [0.2, 0.25) is 0 Å². The third-order valence-electron chi connectivity index (χ3n) is 3.19. The van der Waals surface area contributed by atoms with Crippen molar-refractivity contribution in [1.29, 1.82) is 0 Å². The van der Waals surface area contributed by atoms with E-state index in [9.17, 15) is 14.4 Å². The Balaban J connectivity index is 1.85. The summed E-state index contributed by atoms with van der Waals surface area (Å²) in [5.41, 5.74) is 5.69. The summed E-state index contributed by atoms with van der Waals surface area (Å²) in [6.45, 7) is -0.705. The Morgan fingerprint density at radius 3 is 2.35 bits per heavy atom. The fourth-order valence-electron chi connectivity index (χ4n) is 1.99. The molecule has 8 nitrogen and oxygen atoms in total. The summed E-state index contributed by atoms with van der Waals surface area (Å²) in [4.78, 5) is 34.5. The van der Waals surface area contributed by atoms with Gasteiger partial charge in [-0.25, -0.2) is 4.79 Å². The molecule has 26 heavy (non-hydrogen) atoms. The summed E-state index contributed by atoms with van der Waals surface area (Å²) in [5.74, 6) is -0.881. The maximum atomic E-state index is 12.0. The lowest BCUT2D eigenvalue weighted by atomic mass is 10.2. The minimum atomic E-state index is -0.665. The van der Waals surface area contributed by atoms with E-state index in [1.807, 2.05) is 0 Å². The van der Waals surface area contributed by atoms with Gasteiger partial charge in [0.1, 0.15) is 11.5 Å². The SMILES string of the molecule is COc1ccccc1NC(=O)COC(=O)c1ccc(OCC(N)=O)cc1. The number of nitrogens with two attached hydrogens (primary N) is 1. The molecule has 0 heterocycles. The number of rotatable bonds is 8. The molecule has 0 saturated carbocycles. The number of esters is 1. The molecule has 136 valence electrons. The van der Waals surface area contributed by atoms with E-state index in [0.29, 0.717) is 17.2 Å². The zero-order valence-electron chi connectivity index (χ0n) is 14.1. The van der Waals surface area contributed by atoms with Gasteiger partial charge >= 0.3 is 5.97 Å². The fourth-order valence-corrected chi connectivity index (χ4v) is 1.99. The molecule has 0 spiro atoms. The summed E-state index contributed by atoms with van der Waals surface area (Å²) in [6, 6.07) is 12.8. The van der Waals surface area contributed by atoms with Gasteiger partial charge in [-0.1, -0.05) is 12.1 Å². The summed E-state index contributed by atoms with van der Waals surface area (Å²) < 4.78 is 15.2. The Hall–Kier alpha value is -3.55. The van der Waals surface area contributed by atoms with E-state index in [0.717, 1.165) is 0 Å². The second-order valence-electron chi connectivity index (χ2n) is 5.10. The van der Waals surface area contributed by atoms with Crippen molar-refractivity contribution in [2.45, 2.75) is 0 Å². The van der Waals surface area contributed by atoms with Gasteiger partial charge in [-0.3, -0.25) is 9.59 Å². The van der Waals surface area contributed by atoms with Gasteiger partial charge in [-0.2, -0.15) is 0 Å². The molecule has 0 aliphatic heterocycles. The predicted molar refractivity (Wildman–Crippen MR) is 93.0 cm³/mol. The van der Waals surface area contributed by atoms with Crippen LogP contribution in [0.4, 0.5) is 5.69 Å². The van der Waals surface area contributed by atoms with Crippen LogP contribution in [-0.2, 0) is 14.3 Å². The number of methoxy groups -OCH3 is 1. The zero-order valence-corrected chi connectivity index (χ0v) is 14.1. The first-order valence-electron chi connectivity index (χ1n) is 7.60. The lowest BCUT2D eigenvalue weighted by Crippen LogP contribution is -2.21. The lowest BCUT2D eigenvalue weighted by Gasteiger charge is -2.10. The molecule has 0 unspecified atom stereocenters. The first kappa shape index (κ1) is 18.8. The smallest absolute Gasteiger partial charge is 0.338 e. The highest BCUT2D eigenvalue weighted by Gasteiger charge is 2.12. The summed E-state index contributed by atoms with van der Waals surface area (Å²) >= 11 is 0. The monoisotopic (exact) mass is 358 g/mol. The molecule has 8 heteroatoms. The maximum absolute atomic E-state index is 12.0. The third kappa shape index (κ3) is 5.52. The van der Waals surface area contributed by atoms with Crippen molar-refractivity contribution in [3.8, 4) is 11.5 Å². The van der Waals surface area contributed by atoms with Crippen molar-refractivity contribution in [2.24, 2.45) is 5.73 Å². The molecule has 0 radical (unpaired) electrons. The molecule has 0 bridgehead atoms. The van der Waals surface area contributed by atoms with Crippen molar-refractivity contribution >= 4 is 23.5 Å². The van der Waals surface area contributed by atoms with Crippen LogP contribution in [0.5, 0.6) is 11.5 Å². The second-order valence-corrected chi connectivity index (χ2v) is 5.10. The van der Waals surface area contributed by atoms with Crippen molar-refractivity contribution in [2.75, 3.05) is 25.6 Å². The number of anilines is 1. The standard InChI is InChI=1S/C18H18N2O6/c1-24-15-5-3-2-4-14(15)20-17(22)11-26-18(23)12-6-8-13(9-7-12)25-10-16(19)21/h2-9H,10-11H2,1H3,(H2,19,21)(H,20,22). The highest BCUT2D eigenvalue weighted by molar-refractivity contribution is 5.96. The largest absolute Gasteiger partial charge is 0.495 e. The van der Waals surface area contributed by atoms with Gasteiger partial charge in [-0.05, 0) is 36.4 Å². The van der Waals surface area contributed by atoms with E-state index >= 15 is 0 Å². The Morgan fingerprint density at radius 1 is 1.00 bits per heavy atom. The number of benzene rings is 2. The number of carbonyl (C=O) groups excluding carboxylic acids is 3. The normalized spacial score (nSPS) is 9.88. The van der Waals surface area contributed by atoms with E-state index in [1.165, 1.54) is 31.4 Å². The Morgan fingerprint density at radius 2 is 1.69 bits per heavy atom. The van der Waals surface area contributed by atoms with Gasteiger partial charge in [0.15, 0.2) is 13.2 Å². The fraction of sp³-hybridized carbons (Fsp3) is 0.167. The average Bonchev–Trinajstić information content (AvgIpc) is 2.65. The minimum Gasteiger partial charge on any atom is -0.495 e. The van der Waals surface area contributed by atoms with Crippen LogP contribution >= 0.6 is 0 Å². The van der Waals surface area contributed by atoms with Crippen molar-refractivity contribution in [3.05, 3.63) is 54.1 Å². The predicted octanol–water partition coefficient (Wildman–Crippen LogP) is 1.35. The average molecular weight is 358 g/mol. The van der Waals surface area contributed by atoms with Gasteiger partial charge in [-0.15, -0.1) is 0 Å². The second kappa shape index (κ2) is 9.07. The Bertz CT molecular complexity index is 789. The molecule has 0 atom stereocenters. The van der Waals surface area contributed by atoms with Gasteiger partial charge < -0.3 is 25.3 Å². The first-order chi connectivity index (χ1) is 12.5. The van der Waals surface area contributed by atoms with E-state index in [1.54, 1.807) is 24.3 Å². The van der Waals surface area contributed by atoms with E-state index < -0.39 is 24.4 Å². The van der Waals surface area contributed by atoms with Crippen molar-refractivity contribution in [1.82, 2.24) is 0 Å². The van der Waals surface area contributed by atoms with Crippen LogP contribution in [-0.4, -0.2) is 38.1 Å². The number of amides is 2. The first-order valence-corrected chi connectivity index (χ1v) is 7.60. The molecule has 2 aromatic carbocycles. The van der Waals surface area contributed by atoms with Crippen LogP contribution in [0.15, 0.2) is 48.5 Å². The molecule has 0 aliphatic rings. The number of carbonyl (C=O) groups is 3. The summed E-state index contributed by atoms with van der Waals surface area (Å²) in [6.07, 6.45) is 0. The molecule has 0 saturated heterocycles. The molecule has 2 rings (SSSR count). The number of primary amides is 1. The Labute approximate surface area is 149 Å². The van der Waals surface area contributed by atoms with Crippen LogP contribution in [0.3, 0.4) is 0 Å². The topological polar surface area (TPSA) is 117 Å². The molecular formula is C18H18N2O6. The molecule has 0 fully saturated rings. The minimum absolute atomic E-state index is 0.238. The zero-order chi connectivity index (χ0) is 18.9. The number of ether oxygens (including phenoxy) is 3. The maximum Gasteiger partial charge on any atom is 0.338 e. The van der Waals surface area contributed by atoms with Gasteiger partial charge in [0.25, 0.3) is 11.8 Å². The molecule has 3 N–H and O–H groups in total. The van der Waals surface area contributed by atoms with Crippen molar-refractivity contribution in [3.63, 3.8) is 0 Å². The highest BCUT2D eigenvalue weighted by Crippen LogP contribution is 2.22. The number of hydrogen-bond acceptors (Lipinski definition) is 6. The highest BCUT2D eigenvalue weighted by atomic mass is 16.5. The molecule has 0 aliphatic carbocycles. The molecule has 2 amide bonds. The van der Waals surface area contributed by atoms with E-state index in [2.05, 4.69) is 5.32 Å². The van der Waals surface area contributed by atoms with Crippen LogP contribution in [0, 0.1) is 0 Å². The number of nitrogens with one attached hydrogen (secondary N) is 1. The summed E-state index contributed by atoms with van der Waals surface area (Å²) in [7, 11) is 1.49. The van der Waals surface area contributed by atoms with E-state index in [4.69, 9.17) is 19.9 Å². The van der Waals surface area contributed by atoms with Gasteiger partial charge in [0.05, 0.1) is 18.4 Å². The summed E-state index contributed by atoms with van der Waals surface area (Å²) in [5, 5.41) is 2.60. The Kier molecular flexibility index (Phi) is 6.55. The van der Waals surface area contributed by atoms with Crippen LogP contribution < -0.4 is 20.5 Å². The van der Waals surface area contributed by atoms with Crippen LogP contribution in [0.1, 0.15) is 10.4 Å². The number of hydrogen-bond donors (Lipinski definition) is 2. The van der Waals surface area contributed by atoms with Gasteiger partial charge in [0, 0.05) is 0 Å². The molecule has 2 aromatic rings. The van der Waals surface area contributed by atoms with Crippen LogP contribution in [0.2, 0.25) is 0 Å². The van der Waals surface area contributed by atoms with Crippen molar-refractivity contribution < 1.29 is 28.6 Å². The van der Waals surface area contributed by atoms with E-state index in [-0.39, 0.29) is 12.2 Å². The van der Waals surface area contributed by atoms with Crippen LogP contribution in [0.25, 0.3) is 0 Å². The number of para-hydroxylation sites is 2. The third-order valence-corrected chi connectivity index (χ3v) is 3.19. The molecular weight excluding hydrogens is 340 g/mol. The quantitative estimate of drug-likeness (QED) is 0.688. The molecule has 0 aromatic heterocycles.